The predicted molar refractivity (Wildman–Crippen MR) is 71.0 cm³/mol. The molecule has 0 atom stereocenters. The Bertz CT molecular complexity index is 603. The molecule has 0 aliphatic carbocycles. The molecule has 7 heteroatoms. The first-order valence-electron chi connectivity index (χ1n) is 5.30. The number of hydrogen-bond donors (Lipinski definition) is 2. The van der Waals surface area contributed by atoms with Crippen molar-refractivity contribution in [2.24, 2.45) is 5.73 Å². The van der Waals surface area contributed by atoms with E-state index in [1.165, 1.54) is 12.3 Å². The number of nitrogens with two attached hydrogens (primary N) is 1. The molecule has 3 N–H and O–H groups in total. The van der Waals surface area contributed by atoms with Crippen molar-refractivity contribution in [1.29, 1.82) is 0 Å². The number of hydrogen-bond acceptors (Lipinski definition) is 5. The third-order valence-corrected chi connectivity index (χ3v) is 2.79. The van der Waals surface area contributed by atoms with E-state index in [4.69, 9.17) is 17.3 Å². The summed E-state index contributed by atoms with van der Waals surface area (Å²) in [6, 6.07) is 4.78. The van der Waals surface area contributed by atoms with Crippen LogP contribution in [0, 0.1) is 10.1 Å². The lowest BCUT2D eigenvalue weighted by Gasteiger charge is -2.08. The van der Waals surface area contributed by atoms with Crippen molar-refractivity contribution in [2.45, 2.75) is 0 Å². The molecule has 0 saturated carbocycles. The number of anilines is 1. The second kappa shape index (κ2) is 5.16. The van der Waals surface area contributed by atoms with Crippen molar-refractivity contribution < 1.29 is 4.92 Å². The molecule has 0 saturated heterocycles. The smallest absolute Gasteiger partial charge is 0.295 e. The summed E-state index contributed by atoms with van der Waals surface area (Å²) in [7, 11) is 0. The Hall–Kier alpha value is -1.92. The number of benzene rings is 1. The van der Waals surface area contributed by atoms with E-state index >= 15 is 0 Å². The number of nitrogens with one attached hydrogen (secondary N) is 1. The van der Waals surface area contributed by atoms with Gasteiger partial charge < -0.3 is 11.1 Å². The molecule has 1 aromatic carbocycles. The van der Waals surface area contributed by atoms with Crippen LogP contribution in [0.25, 0.3) is 10.8 Å². The lowest BCUT2D eigenvalue weighted by Crippen LogP contribution is -2.14. The lowest BCUT2D eigenvalue weighted by molar-refractivity contribution is -0.382. The van der Waals surface area contributed by atoms with Crippen molar-refractivity contribution in [1.82, 2.24) is 4.98 Å². The molecule has 0 aliphatic rings. The van der Waals surface area contributed by atoms with E-state index in [0.717, 1.165) is 0 Å². The summed E-state index contributed by atoms with van der Waals surface area (Å²) >= 11 is 5.85. The number of pyridine rings is 1. The van der Waals surface area contributed by atoms with Crippen LogP contribution in [0.5, 0.6) is 0 Å². The normalized spacial score (nSPS) is 10.6. The van der Waals surface area contributed by atoms with Crippen molar-refractivity contribution in [3.8, 4) is 0 Å². The predicted octanol–water partition coefficient (Wildman–Crippen LogP) is 2.17. The molecule has 2 aromatic rings. The van der Waals surface area contributed by atoms with E-state index < -0.39 is 4.92 Å². The van der Waals surface area contributed by atoms with E-state index in [1.54, 1.807) is 12.1 Å². The van der Waals surface area contributed by atoms with Gasteiger partial charge in [-0.3, -0.25) is 10.1 Å². The fourth-order valence-corrected chi connectivity index (χ4v) is 1.96. The molecule has 0 spiro atoms. The molecule has 0 radical (unpaired) electrons. The number of nitro groups is 1. The summed E-state index contributed by atoms with van der Waals surface area (Å²) in [6.07, 6.45) is 1.50. The van der Waals surface area contributed by atoms with E-state index in [2.05, 4.69) is 10.3 Å². The SMILES string of the molecule is NCCNc1nccc2c([N+](=O)[O-])c(Cl)ccc12. The first-order valence-corrected chi connectivity index (χ1v) is 5.68. The highest BCUT2D eigenvalue weighted by molar-refractivity contribution is 6.34. The van der Waals surface area contributed by atoms with Crippen LogP contribution in [0.2, 0.25) is 5.02 Å². The minimum Gasteiger partial charge on any atom is -0.368 e. The van der Waals surface area contributed by atoms with Gasteiger partial charge in [0.25, 0.3) is 5.69 Å². The summed E-state index contributed by atoms with van der Waals surface area (Å²) in [6.45, 7) is 0.996. The van der Waals surface area contributed by atoms with Gasteiger partial charge in [0, 0.05) is 24.7 Å². The first-order chi connectivity index (χ1) is 8.65. The molecule has 0 amide bonds. The highest BCUT2D eigenvalue weighted by Crippen LogP contribution is 2.35. The first kappa shape index (κ1) is 12.5. The fraction of sp³-hybridized carbons (Fsp3) is 0.182. The Labute approximate surface area is 108 Å². The molecule has 18 heavy (non-hydrogen) atoms. The number of rotatable bonds is 4. The lowest BCUT2D eigenvalue weighted by atomic mass is 10.1. The van der Waals surface area contributed by atoms with Crippen LogP contribution in [0.1, 0.15) is 0 Å². The monoisotopic (exact) mass is 266 g/mol. The van der Waals surface area contributed by atoms with E-state index in [1.807, 2.05) is 0 Å². The molecule has 1 heterocycles. The average Bonchev–Trinajstić information content (AvgIpc) is 2.35. The molecule has 6 nitrogen and oxygen atoms in total. The van der Waals surface area contributed by atoms with Gasteiger partial charge in [-0.05, 0) is 18.2 Å². The summed E-state index contributed by atoms with van der Waals surface area (Å²) < 4.78 is 0. The van der Waals surface area contributed by atoms with Crippen LogP contribution < -0.4 is 11.1 Å². The van der Waals surface area contributed by atoms with Crippen LogP contribution in [0.3, 0.4) is 0 Å². The third kappa shape index (κ3) is 2.20. The van der Waals surface area contributed by atoms with Gasteiger partial charge in [0.2, 0.25) is 0 Å². The molecule has 0 bridgehead atoms. The quantitative estimate of drug-likeness (QED) is 0.653. The number of halogens is 1. The Morgan fingerprint density at radius 2 is 2.17 bits per heavy atom. The van der Waals surface area contributed by atoms with Crippen LogP contribution in [0.4, 0.5) is 11.5 Å². The largest absolute Gasteiger partial charge is 0.368 e. The second-order valence-corrected chi connectivity index (χ2v) is 4.03. The summed E-state index contributed by atoms with van der Waals surface area (Å²) in [5.41, 5.74) is 5.30. The zero-order valence-corrected chi connectivity index (χ0v) is 10.1. The molecular formula is C11H11ClN4O2. The molecule has 1 aromatic heterocycles. The summed E-state index contributed by atoms with van der Waals surface area (Å²) in [5, 5.41) is 15.3. The average molecular weight is 267 g/mol. The van der Waals surface area contributed by atoms with Crippen molar-refractivity contribution in [2.75, 3.05) is 18.4 Å². The van der Waals surface area contributed by atoms with Gasteiger partial charge in [-0.15, -0.1) is 0 Å². The maximum absolute atomic E-state index is 11.0. The van der Waals surface area contributed by atoms with Gasteiger partial charge in [-0.25, -0.2) is 4.98 Å². The molecular weight excluding hydrogens is 256 g/mol. The van der Waals surface area contributed by atoms with Crippen LogP contribution in [-0.4, -0.2) is 23.0 Å². The maximum atomic E-state index is 11.0. The second-order valence-electron chi connectivity index (χ2n) is 3.62. The zero-order chi connectivity index (χ0) is 13.1. The van der Waals surface area contributed by atoms with Crippen LogP contribution in [0.15, 0.2) is 24.4 Å². The topological polar surface area (TPSA) is 94.1 Å². The Morgan fingerprint density at radius 1 is 1.39 bits per heavy atom. The van der Waals surface area contributed by atoms with Gasteiger partial charge >= 0.3 is 0 Å². The molecule has 0 unspecified atom stereocenters. The van der Waals surface area contributed by atoms with Gasteiger partial charge in [-0.2, -0.15) is 0 Å². The summed E-state index contributed by atoms with van der Waals surface area (Å²) in [5.74, 6) is 0.567. The molecule has 94 valence electrons. The summed E-state index contributed by atoms with van der Waals surface area (Å²) in [4.78, 5) is 14.7. The Morgan fingerprint density at radius 3 is 2.83 bits per heavy atom. The highest BCUT2D eigenvalue weighted by atomic mass is 35.5. The Balaban J connectivity index is 2.65. The van der Waals surface area contributed by atoms with E-state index in [0.29, 0.717) is 29.7 Å². The minimum absolute atomic E-state index is 0.104. The van der Waals surface area contributed by atoms with Gasteiger partial charge in [0.05, 0.1) is 10.3 Å². The molecule has 0 aliphatic heterocycles. The number of nitrogens with zero attached hydrogens (tertiary/aromatic N) is 2. The van der Waals surface area contributed by atoms with Gasteiger partial charge in [0.15, 0.2) is 0 Å². The Kier molecular flexibility index (Phi) is 3.59. The van der Waals surface area contributed by atoms with E-state index in [-0.39, 0.29) is 10.7 Å². The van der Waals surface area contributed by atoms with Crippen LogP contribution >= 0.6 is 11.6 Å². The van der Waals surface area contributed by atoms with E-state index in [9.17, 15) is 10.1 Å². The van der Waals surface area contributed by atoms with Crippen molar-refractivity contribution >= 4 is 33.9 Å². The van der Waals surface area contributed by atoms with Gasteiger partial charge in [-0.1, -0.05) is 11.6 Å². The van der Waals surface area contributed by atoms with Gasteiger partial charge in [0.1, 0.15) is 10.8 Å². The highest BCUT2D eigenvalue weighted by Gasteiger charge is 2.18. The molecule has 0 fully saturated rings. The molecule has 2 rings (SSSR count). The standard InChI is InChI=1S/C11H11ClN4O2/c12-9-2-1-8-7(10(9)16(17)18)3-5-14-11(8)15-6-4-13/h1-3,5H,4,6,13H2,(H,14,15). The zero-order valence-electron chi connectivity index (χ0n) is 9.39. The van der Waals surface area contributed by atoms with Crippen molar-refractivity contribution in [3.05, 3.63) is 39.5 Å². The number of aromatic nitrogens is 1. The fourth-order valence-electron chi connectivity index (χ4n) is 1.73. The van der Waals surface area contributed by atoms with Crippen molar-refractivity contribution in [3.63, 3.8) is 0 Å². The minimum atomic E-state index is -0.489. The van der Waals surface area contributed by atoms with Crippen LogP contribution in [-0.2, 0) is 0 Å². The number of nitro benzene ring substituents is 1. The maximum Gasteiger partial charge on any atom is 0.295 e. The third-order valence-electron chi connectivity index (χ3n) is 2.49. The number of fused-ring (bicyclic) bond motifs is 1.